The van der Waals surface area contributed by atoms with Gasteiger partial charge in [0.25, 0.3) is 0 Å². The summed E-state index contributed by atoms with van der Waals surface area (Å²) in [5.41, 5.74) is 8.53. The van der Waals surface area contributed by atoms with Crippen LogP contribution in [0.4, 0.5) is 0 Å². The van der Waals surface area contributed by atoms with Crippen LogP contribution in [0, 0.1) is 0 Å². The van der Waals surface area contributed by atoms with Crippen molar-refractivity contribution in [3.8, 4) is 0 Å². The SMILES string of the molecule is N[C@@H](COC(=O)CSC(c1ccccc1)(c1ccccc1)c1ccccc1)C(=O)O. The molecule has 30 heavy (non-hydrogen) atoms. The zero-order chi connectivity index (χ0) is 21.4. The number of esters is 1. The molecule has 0 spiro atoms. The average molecular weight is 422 g/mol. The molecule has 0 aliphatic heterocycles. The van der Waals surface area contributed by atoms with Gasteiger partial charge in [0, 0.05) is 0 Å². The van der Waals surface area contributed by atoms with Crippen LogP contribution in [0.15, 0.2) is 91.0 Å². The Bertz CT molecular complexity index is 868. The molecule has 0 fully saturated rings. The molecule has 5 nitrogen and oxygen atoms in total. The van der Waals surface area contributed by atoms with Crippen molar-refractivity contribution >= 4 is 23.7 Å². The summed E-state index contributed by atoms with van der Waals surface area (Å²) < 4.78 is 4.46. The van der Waals surface area contributed by atoms with Crippen LogP contribution in [0.5, 0.6) is 0 Å². The monoisotopic (exact) mass is 421 g/mol. The summed E-state index contributed by atoms with van der Waals surface area (Å²) in [7, 11) is 0. The molecule has 6 heteroatoms. The van der Waals surface area contributed by atoms with E-state index in [0.29, 0.717) is 0 Å². The Hall–Kier alpha value is -3.09. The van der Waals surface area contributed by atoms with Crippen LogP contribution >= 0.6 is 11.8 Å². The number of nitrogens with two attached hydrogens (primary N) is 1. The lowest BCUT2D eigenvalue weighted by Gasteiger charge is -2.35. The minimum absolute atomic E-state index is 0.0328. The molecule has 0 unspecified atom stereocenters. The van der Waals surface area contributed by atoms with E-state index in [2.05, 4.69) is 0 Å². The lowest BCUT2D eigenvalue weighted by molar-refractivity contribution is -0.145. The molecule has 0 bridgehead atoms. The lowest BCUT2D eigenvalue weighted by atomic mass is 9.84. The van der Waals surface area contributed by atoms with Gasteiger partial charge in [-0.15, -0.1) is 11.8 Å². The van der Waals surface area contributed by atoms with Crippen molar-refractivity contribution in [3.05, 3.63) is 108 Å². The molecule has 0 aliphatic carbocycles. The second-order valence-corrected chi connectivity index (χ2v) is 7.89. The summed E-state index contributed by atoms with van der Waals surface area (Å²) in [4.78, 5) is 23.3. The summed E-state index contributed by atoms with van der Waals surface area (Å²) in [6, 6.07) is 28.7. The molecule has 3 aromatic carbocycles. The number of carboxylic acids is 1. The smallest absolute Gasteiger partial charge is 0.324 e. The molecule has 3 N–H and O–H groups in total. The summed E-state index contributed by atoms with van der Waals surface area (Å²) in [6.45, 7) is -0.357. The fourth-order valence-electron chi connectivity index (χ4n) is 3.23. The number of aliphatic carboxylic acids is 1. The Labute approximate surface area is 179 Å². The quantitative estimate of drug-likeness (QED) is 0.405. The number of hydrogen-bond acceptors (Lipinski definition) is 5. The van der Waals surface area contributed by atoms with Gasteiger partial charge in [-0.25, -0.2) is 0 Å². The van der Waals surface area contributed by atoms with E-state index >= 15 is 0 Å². The van der Waals surface area contributed by atoms with Crippen molar-refractivity contribution in [2.45, 2.75) is 10.8 Å². The van der Waals surface area contributed by atoms with Crippen LogP contribution in [0.3, 0.4) is 0 Å². The summed E-state index contributed by atoms with van der Waals surface area (Å²) in [5, 5.41) is 8.88. The molecule has 0 heterocycles. The van der Waals surface area contributed by atoms with Crippen LogP contribution in [0.2, 0.25) is 0 Å². The molecule has 154 valence electrons. The zero-order valence-electron chi connectivity index (χ0n) is 16.3. The number of carboxylic acid groups (broad SMARTS) is 1. The third-order valence-corrected chi connectivity index (χ3v) is 6.21. The second-order valence-electron chi connectivity index (χ2n) is 6.70. The van der Waals surface area contributed by atoms with Gasteiger partial charge >= 0.3 is 11.9 Å². The van der Waals surface area contributed by atoms with Gasteiger partial charge in [-0.05, 0) is 16.7 Å². The van der Waals surface area contributed by atoms with E-state index < -0.39 is 22.7 Å². The Kier molecular flexibility index (Phi) is 7.27. The van der Waals surface area contributed by atoms with Crippen LogP contribution in [-0.2, 0) is 19.1 Å². The minimum atomic E-state index is -1.24. The van der Waals surface area contributed by atoms with E-state index in [-0.39, 0.29) is 12.4 Å². The number of thioether (sulfide) groups is 1. The maximum absolute atomic E-state index is 12.4. The van der Waals surface area contributed by atoms with Gasteiger partial charge in [-0.1, -0.05) is 91.0 Å². The Balaban J connectivity index is 1.97. The highest BCUT2D eigenvalue weighted by Crippen LogP contribution is 2.48. The molecule has 0 saturated heterocycles. The first-order valence-electron chi connectivity index (χ1n) is 9.48. The standard InChI is InChI=1S/C24H23NO4S/c25-21(23(27)28)16-29-22(26)17-30-24(18-10-4-1-5-11-18,19-12-6-2-7-13-19)20-14-8-3-9-15-20/h1-15,21H,16-17,25H2,(H,27,28)/t21-/m0/s1. The number of rotatable bonds is 9. The van der Waals surface area contributed by atoms with Gasteiger partial charge in [-0.2, -0.15) is 0 Å². The Morgan fingerprint density at radius 2 is 1.23 bits per heavy atom. The van der Waals surface area contributed by atoms with E-state index in [1.54, 1.807) is 0 Å². The van der Waals surface area contributed by atoms with Crippen molar-refractivity contribution in [1.82, 2.24) is 0 Å². The van der Waals surface area contributed by atoms with Crippen molar-refractivity contribution in [2.75, 3.05) is 12.4 Å². The number of ether oxygens (including phenoxy) is 1. The molecule has 1 atom stereocenters. The van der Waals surface area contributed by atoms with E-state index in [9.17, 15) is 9.59 Å². The Morgan fingerprint density at radius 1 is 0.833 bits per heavy atom. The van der Waals surface area contributed by atoms with E-state index in [4.69, 9.17) is 15.6 Å². The van der Waals surface area contributed by atoms with Gasteiger partial charge in [0.2, 0.25) is 0 Å². The van der Waals surface area contributed by atoms with E-state index in [0.717, 1.165) is 16.7 Å². The molecule has 0 saturated carbocycles. The predicted octanol–water partition coefficient (Wildman–Crippen LogP) is 3.67. The van der Waals surface area contributed by atoms with E-state index in [1.807, 2.05) is 91.0 Å². The van der Waals surface area contributed by atoms with Crippen LogP contribution in [-0.4, -0.2) is 35.4 Å². The Morgan fingerprint density at radius 3 is 1.60 bits per heavy atom. The molecule has 0 aliphatic rings. The zero-order valence-corrected chi connectivity index (χ0v) is 17.1. The van der Waals surface area contributed by atoms with Gasteiger partial charge in [0.1, 0.15) is 12.6 Å². The summed E-state index contributed by atoms with van der Waals surface area (Å²) in [5.74, 6) is -1.68. The summed E-state index contributed by atoms with van der Waals surface area (Å²) in [6.07, 6.45) is 0. The normalized spacial score (nSPS) is 12.2. The highest BCUT2D eigenvalue weighted by Gasteiger charge is 2.37. The molecule has 0 radical (unpaired) electrons. The first-order chi connectivity index (χ1) is 14.5. The van der Waals surface area contributed by atoms with Gasteiger partial charge in [0.05, 0.1) is 10.5 Å². The van der Waals surface area contributed by atoms with Crippen molar-refractivity contribution in [2.24, 2.45) is 5.73 Å². The lowest BCUT2D eigenvalue weighted by Crippen LogP contribution is -2.36. The van der Waals surface area contributed by atoms with Gasteiger partial charge in [0.15, 0.2) is 0 Å². The number of carbonyl (C=O) groups is 2. The van der Waals surface area contributed by atoms with Crippen molar-refractivity contribution in [1.29, 1.82) is 0 Å². The third-order valence-electron chi connectivity index (χ3n) is 4.69. The largest absolute Gasteiger partial charge is 0.480 e. The van der Waals surface area contributed by atoms with Crippen LogP contribution in [0.25, 0.3) is 0 Å². The van der Waals surface area contributed by atoms with E-state index in [1.165, 1.54) is 11.8 Å². The van der Waals surface area contributed by atoms with Crippen molar-refractivity contribution < 1.29 is 19.4 Å². The predicted molar refractivity (Wildman–Crippen MR) is 118 cm³/mol. The van der Waals surface area contributed by atoms with Gasteiger partial charge < -0.3 is 15.6 Å². The fourth-order valence-corrected chi connectivity index (χ4v) is 4.56. The maximum Gasteiger partial charge on any atom is 0.324 e. The fraction of sp³-hybridized carbons (Fsp3) is 0.167. The molecule has 3 rings (SSSR count). The number of benzene rings is 3. The summed E-state index contributed by atoms with van der Waals surface area (Å²) >= 11 is 1.43. The van der Waals surface area contributed by atoms with Gasteiger partial charge in [-0.3, -0.25) is 9.59 Å². The highest BCUT2D eigenvalue weighted by molar-refractivity contribution is 8.01. The van der Waals surface area contributed by atoms with Crippen LogP contribution < -0.4 is 5.73 Å². The number of carbonyl (C=O) groups excluding carboxylic acids is 1. The maximum atomic E-state index is 12.4. The molecular weight excluding hydrogens is 398 g/mol. The first-order valence-corrected chi connectivity index (χ1v) is 10.5. The third kappa shape index (κ3) is 4.90. The second kappa shape index (κ2) is 10.1. The first kappa shape index (κ1) is 21.6. The molecular formula is C24H23NO4S. The van der Waals surface area contributed by atoms with Crippen LogP contribution in [0.1, 0.15) is 16.7 Å². The minimum Gasteiger partial charge on any atom is -0.480 e. The average Bonchev–Trinajstić information content (AvgIpc) is 2.80. The molecule has 3 aromatic rings. The molecule has 0 amide bonds. The van der Waals surface area contributed by atoms with Crippen molar-refractivity contribution in [3.63, 3.8) is 0 Å². The number of hydrogen-bond donors (Lipinski definition) is 2. The molecule has 0 aromatic heterocycles. The topological polar surface area (TPSA) is 89.6 Å². The highest BCUT2D eigenvalue weighted by atomic mass is 32.2.